The van der Waals surface area contributed by atoms with Gasteiger partial charge in [0.15, 0.2) is 0 Å². The number of rotatable bonds is 5. The van der Waals surface area contributed by atoms with Crippen molar-refractivity contribution in [2.24, 2.45) is 0 Å². The monoisotopic (exact) mass is 284 g/mol. The second-order valence-electron chi connectivity index (χ2n) is 5.66. The van der Waals surface area contributed by atoms with E-state index < -0.39 is 0 Å². The summed E-state index contributed by atoms with van der Waals surface area (Å²) in [6.07, 6.45) is 0. The molecule has 2 rings (SSSR count). The number of nitrogens with one attached hydrogen (secondary N) is 1. The van der Waals surface area contributed by atoms with Gasteiger partial charge in [-0.1, -0.05) is 38.1 Å². The standard InChI is InChI=1S/C17H24N4/c1-12(2)17-19-15(18-4)10-16(20-17)21(5)11-14-9-7-6-8-13(14)3/h6-10,12H,11H2,1-5H3,(H,18,19,20). The molecule has 0 spiro atoms. The Hall–Kier alpha value is -2.10. The van der Waals surface area contributed by atoms with Gasteiger partial charge < -0.3 is 10.2 Å². The van der Waals surface area contributed by atoms with Crippen molar-refractivity contribution in [2.45, 2.75) is 33.2 Å². The summed E-state index contributed by atoms with van der Waals surface area (Å²) in [5.74, 6) is 2.99. The maximum atomic E-state index is 4.68. The minimum absolute atomic E-state index is 0.309. The van der Waals surface area contributed by atoms with Crippen molar-refractivity contribution >= 4 is 11.6 Å². The molecule has 0 amide bonds. The van der Waals surface area contributed by atoms with E-state index in [2.05, 4.69) is 72.3 Å². The third kappa shape index (κ3) is 3.72. The van der Waals surface area contributed by atoms with Crippen molar-refractivity contribution in [1.29, 1.82) is 0 Å². The lowest BCUT2D eigenvalue weighted by Gasteiger charge is -2.21. The SMILES string of the molecule is CNc1cc(N(C)Cc2ccccc2C)nc(C(C)C)n1. The third-order valence-corrected chi connectivity index (χ3v) is 3.56. The number of nitrogens with zero attached hydrogens (tertiary/aromatic N) is 3. The Morgan fingerprint density at radius 2 is 1.90 bits per heavy atom. The van der Waals surface area contributed by atoms with Gasteiger partial charge in [0.2, 0.25) is 0 Å². The van der Waals surface area contributed by atoms with Crippen LogP contribution >= 0.6 is 0 Å². The number of aromatic nitrogens is 2. The van der Waals surface area contributed by atoms with Crippen LogP contribution in [0.4, 0.5) is 11.6 Å². The van der Waals surface area contributed by atoms with E-state index in [0.717, 1.165) is 24.0 Å². The molecule has 1 heterocycles. The molecule has 0 aliphatic rings. The van der Waals surface area contributed by atoms with Gasteiger partial charge in [0.05, 0.1) is 0 Å². The van der Waals surface area contributed by atoms with E-state index in [1.54, 1.807) is 0 Å². The summed E-state index contributed by atoms with van der Waals surface area (Å²) in [5.41, 5.74) is 2.62. The fourth-order valence-electron chi connectivity index (χ4n) is 2.16. The summed E-state index contributed by atoms with van der Waals surface area (Å²) in [6.45, 7) is 7.20. The van der Waals surface area contributed by atoms with Crippen LogP contribution in [0.15, 0.2) is 30.3 Å². The molecule has 21 heavy (non-hydrogen) atoms. The van der Waals surface area contributed by atoms with Crippen molar-refractivity contribution in [3.05, 3.63) is 47.3 Å². The molecule has 0 saturated carbocycles. The fourth-order valence-corrected chi connectivity index (χ4v) is 2.16. The third-order valence-electron chi connectivity index (χ3n) is 3.56. The highest BCUT2D eigenvalue weighted by atomic mass is 15.2. The topological polar surface area (TPSA) is 41.0 Å². The molecule has 1 aromatic heterocycles. The smallest absolute Gasteiger partial charge is 0.135 e. The number of hydrogen-bond donors (Lipinski definition) is 1. The Morgan fingerprint density at radius 3 is 2.52 bits per heavy atom. The van der Waals surface area contributed by atoms with Gasteiger partial charge in [0.25, 0.3) is 0 Å². The second-order valence-corrected chi connectivity index (χ2v) is 5.66. The van der Waals surface area contributed by atoms with E-state index in [4.69, 9.17) is 0 Å². The normalized spacial score (nSPS) is 10.8. The van der Waals surface area contributed by atoms with Gasteiger partial charge in [-0.3, -0.25) is 0 Å². The van der Waals surface area contributed by atoms with Crippen LogP contribution in [0.2, 0.25) is 0 Å². The minimum Gasteiger partial charge on any atom is -0.373 e. The van der Waals surface area contributed by atoms with Crippen LogP contribution < -0.4 is 10.2 Å². The van der Waals surface area contributed by atoms with E-state index in [1.807, 2.05) is 13.1 Å². The van der Waals surface area contributed by atoms with Gasteiger partial charge in [-0.25, -0.2) is 9.97 Å². The van der Waals surface area contributed by atoms with Gasteiger partial charge in [0.1, 0.15) is 17.5 Å². The molecular weight excluding hydrogens is 260 g/mol. The number of hydrogen-bond acceptors (Lipinski definition) is 4. The fraction of sp³-hybridized carbons (Fsp3) is 0.412. The van der Waals surface area contributed by atoms with Crippen LogP contribution in [-0.4, -0.2) is 24.1 Å². The summed E-state index contributed by atoms with van der Waals surface area (Å²) >= 11 is 0. The Balaban J connectivity index is 2.28. The van der Waals surface area contributed by atoms with Crippen molar-refractivity contribution in [2.75, 3.05) is 24.3 Å². The molecule has 0 aliphatic carbocycles. The zero-order valence-corrected chi connectivity index (χ0v) is 13.5. The minimum atomic E-state index is 0.309. The number of benzene rings is 1. The highest BCUT2D eigenvalue weighted by molar-refractivity contribution is 5.49. The Kier molecular flexibility index (Phi) is 4.78. The zero-order chi connectivity index (χ0) is 15.4. The van der Waals surface area contributed by atoms with Crippen molar-refractivity contribution < 1.29 is 0 Å². The van der Waals surface area contributed by atoms with Crippen LogP contribution in [0.5, 0.6) is 0 Å². The summed E-state index contributed by atoms with van der Waals surface area (Å²) < 4.78 is 0. The van der Waals surface area contributed by atoms with Crippen LogP contribution in [0.1, 0.15) is 36.7 Å². The maximum Gasteiger partial charge on any atom is 0.135 e. The summed E-state index contributed by atoms with van der Waals surface area (Å²) in [5, 5.41) is 3.11. The van der Waals surface area contributed by atoms with Crippen molar-refractivity contribution in [3.63, 3.8) is 0 Å². The molecule has 2 aromatic rings. The van der Waals surface area contributed by atoms with Crippen molar-refractivity contribution in [1.82, 2.24) is 9.97 Å². The average Bonchev–Trinajstić information content (AvgIpc) is 2.49. The molecule has 0 atom stereocenters. The molecular formula is C17H24N4. The lowest BCUT2D eigenvalue weighted by molar-refractivity contribution is 0.763. The summed E-state index contributed by atoms with van der Waals surface area (Å²) in [6, 6.07) is 10.4. The first-order chi connectivity index (χ1) is 10.0. The second kappa shape index (κ2) is 6.57. The predicted molar refractivity (Wildman–Crippen MR) is 89.0 cm³/mol. The molecule has 0 radical (unpaired) electrons. The molecule has 0 fully saturated rings. The van der Waals surface area contributed by atoms with Crippen LogP contribution in [-0.2, 0) is 6.54 Å². The highest BCUT2D eigenvalue weighted by Crippen LogP contribution is 2.21. The van der Waals surface area contributed by atoms with Gasteiger partial charge in [-0.2, -0.15) is 0 Å². The van der Waals surface area contributed by atoms with Crippen molar-refractivity contribution in [3.8, 4) is 0 Å². The van der Waals surface area contributed by atoms with E-state index >= 15 is 0 Å². The van der Waals surface area contributed by atoms with Gasteiger partial charge in [0, 0.05) is 32.6 Å². The van der Waals surface area contributed by atoms with E-state index in [1.165, 1.54) is 11.1 Å². The largest absolute Gasteiger partial charge is 0.373 e. The lowest BCUT2D eigenvalue weighted by atomic mass is 10.1. The molecule has 1 aromatic carbocycles. The van der Waals surface area contributed by atoms with Gasteiger partial charge in [-0.15, -0.1) is 0 Å². The summed E-state index contributed by atoms with van der Waals surface area (Å²) in [4.78, 5) is 11.4. The Bertz CT molecular complexity index is 607. The van der Waals surface area contributed by atoms with E-state index in [0.29, 0.717) is 5.92 Å². The molecule has 4 heteroatoms. The predicted octanol–water partition coefficient (Wildman–Crippen LogP) is 3.59. The number of anilines is 2. The first kappa shape index (κ1) is 15.3. The first-order valence-electron chi connectivity index (χ1n) is 7.33. The van der Waals surface area contributed by atoms with Crippen LogP contribution in [0.3, 0.4) is 0 Å². The molecule has 112 valence electrons. The molecule has 0 bridgehead atoms. The molecule has 4 nitrogen and oxygen atoms in total. The first-order valence-corrected chi connectivity index (χ1v) is 7.33. The van der Waals surface area contributed by atoms with E-state index in [-0.39, 0.29) is 0 Å². The quantitative estimate of drug-likeness (QED) is 0.911. The highest BCUT2D eigenvalue weighted by Gasteiger charge is 2.11. The molecule has 0 saturated heterocycles. The molecule has 1 N–H and O–H groups in total. The average molecular weight is 284 g/mol. The zero-order valence-electron chi connectivity index (χ0n) is 13.5. The summed E-state index contributed by atoms with van der Waals surface area (Å²) in [7, 11) is 3.95. The Labute approximate surface area is 127 Å². The maximum absolute atomic E-state index is 4.68. The van der Waals surface area contributed by atoms with Gasteiger partial charge in [-0.05, 0) is 18.1 Å². The molecule has 0 aliphatic heterocycles. The van der Waals surface area contributed by atoms with Crippen LogP contribution in [0.25, 0.3) is 0 Å². The molecule has 0 unspecified atom stereocenters. The van der Waals surface area contributed by atoms with E-state index in [9.17, 15) is 0 Å². The van der Waals surface area contributed by atoms with Crippen LogP contribution in [0, 0.1) is 6.92 Å². The lowest BCUT2D eigenvalue weighted by Crippen LogP contribution is -2.20. The van der Waals surface area contributed by atoms with Gasteiger partial charge >= 0.3 is 0 Å². The number of aryl methyl sites for hydroxylation is 1. The Morgan fingerprint density at radius 1 is 1.19 bits per heavy atom.